The largest absolute Gasteiger partial charge is 0.496 e. The van der Waals surface area contributed by atoms with Crippen LogP contribution in [-0.2, 0) is 126 Å². The van der Waals surface area contributed by atoms with E-state index in [1.165, 1.54) is 49.1 Å². The van der Waals surface area contributed by atoms with E-state index in [1.54, 1.807) is 94.1 Å². The van der Waals surface area contributed by atoms with Crippen LogP contribution in [-0.4, -0.2) is 74.0 Å². The second-order valence-electron chi connectivity index (χ2n) is 18.3. The lowest BCUT2D eigenvalue weighted by atomic mass is 10.00. The van der Waals surface area contributed by atoms with Crippen LogP contribution in [0.25, 0.3) is 66.1 Å². The molecular weight excluding hydrogens is 1300 g/mol. The highest BCUT2D eigenvalue weighted by molar-refractivity contribution is 8.75. The van der Waals surface area contributed by atoms with Crippen LogP contribution < -0.4 is 15.2 Å². The quantitative estimate of drug-likeness (QED) is 0.121. The summed E-state index contributed by atoms with van der Waals surface area (Å²) in [4.78, 5) is 25.1. The molecule has 0 amide bonds. The van der Waals surface area contributed by atoms with E-state index in [-0.39, 0.29) is 7.43 Å². The standard InChI is InChI=1S/C25H26N6O2.C17H15ClN4O2.C7H11N3.CH4.S13/c1-12-8-17(31(29-12)16-6-7-16)9-21-24-18-11-22(32-5)19(23-13(2)30-33-14(23)3)10-20(18)28-25(24)27-15(4)26-21;1-7-14(8(2)24-22-7)11-5-12-10(6-13(11)23-4)15-16(18)19-9(3)20-17(15)21-12;1-5-4-7(8)10(9-5)6-2-3-6;;1-3-5-7-9-11-13-12-10-8-6-4-2/h8,10-11,16H,6-7,9H2,1-5H3,(H,26,27,28);5-6H,1-4H3,(H,19,20,21);4,6H,2-3,8H2,1H3;1H4;. The Hall–Kier alpha value is -4.41. The molecule has 2 aliphatic carbocycles. The summed E-state index contributed by atoms with van der Waals surface area (Å²) in [6.07, 6.45) is 5.58. The van der Waals surface area contributed by atoms with E-state index in [0.29, 0.717) is 35.1 Å². The first-order chi connectivity index (χ1) is 38.6. The molecule has 17 nitrogen and oxygen atoms in total. The fraction of sp³-hybridized carbons (Fsp3) is 0.360. The second kappa shape index (κ2) is 28.4. The van der Waals surface area contributed by atoms with Crippen molar-refractivity contribution in [2.45, 2.75) is 107 Å². The maximum Gasteiger partial charge on any atom is 0.143 e. The zero-order valence-corrected chi connectivity index (χ0v) is 55.9. The van der Waals surface area contributed by atoms with Crippen LogP contribution in [0, 0.1) is 55.4 Å². The molecule has 2 fully saturated rings. The first-order valence-corrected chi connectivity index (χ1v) is 40.7. The first kappa shape index (κ1) is 62.6. The fourth-order valence-corrected chi connectivity index (χ4v) is 34.3. The van der Waals surface area contributed by atoms with Gasteiger partial charge in [0.1, 0.15) is 56.9 Å². The number of hydrogen-bond donors (Lipinski definition) is 3. The third kappa shape index (κ3) is 14.9. The molecule has 31 heteroatoms. The Kier molecular flexibility index (Phi) is 22.0. The zero-order chi connectivity index (χ0) is 56.8. The molecule has 0 radical (unpaired) electrons. The molecule has 2 saturated carbocycles. The number of H-pyrrole nitrogens is 2. The van der Waals surface area contributed by atoms with Gasteiger partial charge in [0.05, 0.1) is 71.3 Å². The molecule has 2 aromatic carbocycles. The van der Waals surface area contributed by atoms with Gasteiger partial charge < -0.3 is 34.2 Å². The average molecular weight is 1360 g/mol. The van der Waals surface area contributed by atoms with E-state index in [0.717, 1.165) is 124 Å². The molecular formula is C50H56ClN13O4S13. The van der Waals surface area contributed by atoms with E-state index in [1.807, 2.05) is 71.3 Å². The van der Waals surface area contributed by atoms with Crippen molar-refractivity contribution in [1.29, 1.82) is 0 Å². The molecule has 8 aromatic heterocycles. The molecule has 0 atom stereocenters. The maximum atomic E-state index is 6.33. The van der Waals surface area contributed by atoms with Gasteiger partial charge in [-0.3, -0.25) is 4.68 Å². The number of hydrogen-bond acceptors (Lipinski definition) is 15. The van der Waals surface area contributed by atoms with Crippen molar-refractivity contribution < 1.29 is 18.5 Å². The van der Waals surface area contributed by atoms with Gasteiger partial charge in [-0.1, -0.05) is 29.3 Å². The van der Waals surface area contributed by atoms with E-state index in [2.05, 4.69) is 65.2 Å². The Balaban J connectivity index is 0.000000156. The molecule has 8 heterocycles. The third-order valence-electron chi connectivity index (χ3n) is 12.6. The Labute approximate surface area is 513 Å². The smallest absolute Gasteiger partial charge is 0.143 e. The van der Waals surface area contributed by atoms with Gasteiger partial charge in [-0.05, 0) is 111 Å². The molecule has 2 aliphatic rings. The van der Waals surface area contributed by atoms with Gasteiger partial charge in [-0.2, -0.15) is 10.2 Å². The number of ether oxygens (including phenoxy) is 2. The third-order valence-corrected chi connectivity index (χ3v) is 35.1. The van der Waals surface area contributed by atoms with E-state index < -0.39 is 0 Å². The highest BCUT2D eigenvalue weighted by Crippen LogP contribution is 2.43. The number of methoxy groups -OCH3 is 2. The predicted octanol–water partition coefficient (Wildman–Crippen LogP) is 11.2. The van der Waals surface area contributed by atoms with Gasteiger partial charge in [0, 0.05) is 177 Å². The summed E-state index contributed by atoms with van der Waals surface area (Å²) in [5, 5.41) is 21.4. The molecule has 81 heavy (non-hydrogen) atoms. The Morgan fingerprint density at radius 1 is 0.605 bits per heavy atom. The SMILES string of the molecule is C.COc1cc2c(cc1-c1c(C)noc1C)[nH]c1nc(C)nc(Cc3cc(C)nn3C3CC3)c12.COc1cc2c(cc1-c1c(C)noc1C)[nH]c1nc(C)nc(Cl)c12.Cc1cc(N)n(C2CC2)n1.S=S=S=S=S=S=S=S=S=S=S=S=S. The second-order valence-corrected chi connectivity index (χ2v) is 38.2. The van der Waals surface area contributed by atoms with E-state index in [4.69, 9.17) is 73.3 Å². The minimum Gasteiger partial charge on any atom is -0.496 e. The summed E-state index contributed by atoms with van der Waals surface area (Å²) in [6, 6.07) is 13.3. The number of benzene rings is 2. The topological polar surface area (TPSA) is 215 Å². The summed E-state index contributed by atoms with van der Waals surface area (Å²) in [6.45, 7) is 15.4. The lowest BCUT2D eigenvalue weighted by Gasteiger charge is -2.10. The number of fused-ring (bicyclic) bond motifs is 6. The number of aromatic amines is 2. The van der Waals surface area contributed by atoms with E-state index in [9.17, 15) is 0 Å². The van der Waals surface area contributed by atoms with Crippen LogP contribution in [0.15, 0.2) is 45.4 Å². The molecule has 4 N–H and O–H groups in total. The predicted molar refractivity (Wildman–Crippen MR) is 360 cm³/mol. The number of nitrogen functional groups attached to an aromatic ring is 1. The van der Waals surface area contributed by atoms with Crippen LogP contribution in [0.5, 0.6) is 11.5 Å². The van der Waals surface area contributed by atoms with Gasteiger partial charge in [0.25, 0.3) is 0 Å². The van der Waals surface area contributed by atoms with Crippen molar-refractivity contribution >= 4 is 181 Å². The number of halogens is 1. The maximum absolute atomic E-state index is 6.33. The highest BCUT2D eigenvalue weighted by Gasteiger charge is 2.29. The summed E-state index contributed by atoms with van der Waals surface area (Å²) in [5.74, 6) is 5.17. The molecule has 0 spiro atoms. The highest BCUT2D eigenvalue weighted by atomic mass is 35.5. The van der Waals surface area contributed by atoms with Crippen molar-refractivity contribution in [3.05, 3.63) is 98.9 Å². The fourth-order valence-electron chi connectivity index (χ4n) is 9.26. The Morgan fingerprint density at radius 3 is 1.49 bits per heavy atom. The average Bonchev–Trinajstić information content (AvgIpc) is 3.72. The van der Waals surface area contributed by atoms with Crippen molar-refractivity contribution in [2.24, 2.45) is 0 Å². The lowest BCUT2D eigenvalue weighted by Crippen LogP contribution is -2.05. The van der Waals surface area contributed by atoms with Crippen molar-refractivity contribution in [3.63, 3.8) is 0 Å². The first-order valence-electron chi connectivity index (χ1n) is 24.3. The molecule has 0 saturated heterocycles. The van der Waals surface area contributed by atoms with Crippen LogP contribution in [0.2, 0.25) is 5.15 Å². The summed E-state index contributed by atoms with van der Waals surface area (Å²) >= 11 is 15.7. The molecule has 10 aromatic rings. The van der Waals surface area contributed by atoms with Gasteiger partial charge in [-0.15, -0.1) is 0 Å². The normalized spacial score (nSPS) is 12.4. The molecule has 12 rings (SSSR count). The van der Waals surface area contributed by atoms with Crippen LogP contribution >= 0.6 is 11.6 Å². The number of aryl methyl sites for hydroxylation is 8. The van der Waals surface area contributed by atoms with Gasteiger partial charge >= 0.3 is 0 Å². The van der Waals surface area contributed by atoms with Gasteiger partial charge in [-0.25, -0.2) is 24.6 Å². The molecule has 430 valence electrons. The monoisotopic (exact) mass is 1350 g/mol. The molecule has 0 bridgehead atoms. The van der Waals surface area contributed by atoms with E-state index >= 15 is 0 Å². The van der Waals surface area contributed by atoms with Crippen molar-refractivity contribution in [3.8, 4) is 33.8 Å². The minimum absolute atomic E-state index is 0. The summed E-state index contributed by atoms with van der Waals surface area (Å²) in [7, 11) is 21.4. The summed E-state index contributed by atoms with van der Waals surface area (Å²) < 4.78 is 26.2. The van der Waals surface area contributed by atoms with Crippen LogP contribution in [0.1, 0.15) is 103 Å². The summed E-state index contributed by atoms with van der Waals surface area (Å²) in [5.41, 5.74) is 18.8. The van der Waals surface area contributed by atoms with Crippen LogP contribution in [0.4, 0.5) is 5.82 Å². The van der Waals surface area contributed by atoms with Gasteiger partial charge in [0.2, 0.25) is 0 Å². The number of nitrogens with one attached hydrogen (secondary N) is 2. The van der Waals surface area contributed by atoms with Crippen LogP contribution in [0.3, 0.4) is 0 Å². The number of nitrogens with zero attached hydrogens (tertiary/aromatic N) is 10. The number of nitrogens with two attached hydrogens (primary N) is 1. The molecule has 0 aliphatic heterocycles. The Bertz CT molecular complexity index is 4460. The lowest BCUT2D eigenvalue weighted by molar-refractivity contribution is 0.393. The number of rotatable bonds is 8. The van der Waals surface area contributed by atoms with Crippen molar-refractivity contribution in [2.75, 3.05) is 20.0 Å². The van der Waals surface area contributed by atoms with Gasteiger partial charge in [0.15, 0.2) is 0 Å². The van der Waals surface area contributed by atoms with Crippen molar-refractivity contribution in [1.82, 2.24) is 59.8 Å². The number of anilines is 1. The zero-order valence-electron chi connectivity index (χ0n) is 44.5. The minimum atomic E-state index is 0. The number of aromatic nitrogens is 12. The Morgan fingerprint density at radius 2 is 1.05 bits per heavy atom. The molecule has 0 unspecified atom stereocenters.